The van der Waals surface area contributed by atoms with Crippen LogP contribution in [0.1, 0.15) is 41.7 Å². The van der Waals surface area contributed by atoms with Gasteiger partial charge in [-0.25, -0.2) is 14.2 Å². The number of hydrogen-bond donors (Lipinski definition) is 5. The number of anilines is 1. The fourth-order valence-electron chi connectivity index (χ4n) is 4.76. The molecular formula is C25H27FN6O3. The van der Waals surface area contributed by atoms with E-state index in [1.54, 1.807) is 28.0 Å². The number of phenols is 1. The fraction of sp³-hybridized carbons (Fsp3) is 0.320. The van der Waals surface area contributed by atoms with Gasteiger partial charge in [0.2, 0.25) is 0 Å². The van der Waals surface area contributed by atoms with Crippen LogP contribution in [0.15, 0.2) is 30.3 Å². The van der Waals surface area contributed by atoms with Gasteiger partial charge in [0.25, 0.3) is 0 Å². The molecule has 1 atom stereocenters. The van der Waals surface area contributed by atoms with Crippen molar-refractivity contribution in [3.8, 4) is 16.9 Å². The van der Waals surface area contributed by atoms with Crippen LogP contribution < -0.4 is 5.73 Å². The quantitative estimate of drug-likeness (QED) is 0.289. The number of aromatic amines is 1. The minimum atomic E-state index is -0.703. The predicted molar refractivity (Wildman–Crippen MR) is 129 cm³/mol. The van der Waals surface area contributed by atoms with Gasteiger partial charge in [-0.1, -0.05) is 19.1 Å². The van der Waals surface area contributed by atoms with Crippen LogP contribution in [0.4, 0.5) is 14.9 Å². The van der Waals surface area contributed by atoms with E-state index in [4.69, 9.17) is 11.1 Å². The number of fused-ring (bicyclic) bond motifs is 1. The molecule has 2 aliphatic heterocycles. The van der Waals surface area contributed by atoms with Crippen molar-refractivity contribution in [3.05, 3.63) is 64.5 Å². The molecule has 1 saturated heterocycles. The highest BCUT2D eigenvalue weighted by Crippen LogP contribution is 2.32. The van der Waals surface area contributed by atoms with E-state index in [0.29, 0.717) is 72.9 Å². The van der Waals surface area contributed by atoms with Gasteiger partial charge in [-0.3, -0.25) is 5.41 Å². The first kappa shape index (κ1) is 22.9. The second-order valence-electron chi connectivity index (χ2n) is 9.03. The van der Waals surface area contributed by atoms with Crippen LogP contribution in [0.2, 0.25) is 0 Å². The number of H-pyrrole nitrogens is 1. The number of aliphatic hydroxyl groups excluding tert-OH is 1. The summed E-state index contributed by atoms with van der Waals surface area (Å²) in [7, 11) is 0. The fourth-order valence-corrected chi connectivity index (χ4v) is 4.76. The lowest BCUT2D eigenvalue weighted by atomic mass is 9.95. The first-order valence-electron chi connectivity index (χ1n) is 11.5. The van der Waals surface area contributed by atoms with Crippen molar-refractivity contribution in [1.82, 2.24) is 19.8 Å². The molecule has 10 heteroatoms. The number of urea groups is 1. The maximum Gasteiger partial charge on any atom is 0.320 e. The molecule has 35 heavy (non-hydrogen) atoms. The highest BCUT2D eigenvalue weighted by atomic mass is 19.1. The Labute approximate surface area is 201 Å². The molecule has 2 aliphatic rings. The smallest absolute Gasteiger partial charge is 0.320 e. The van der Waals surface area contributed by atoms with Gasteiger partial charge in [0.05, 0.1) is 30.6 Å². The number of phenolic OH excluding ortho intramolecular Hbond substituents is 1. The summed E-state index contributed by atoms with van der Waals surface area (Å²) in [6.45, 7) is 3.51. The third-order valence-electron chi connectivity index (χ3n) is 6.68. The van der Waals surface area contributed by atoms with Crippen LogP contribution >= 0.6 is 0 Å². The van der Waals surface area contributed by atoms with Gasteiger partial charge in [-0.05, 0) is 47.7 Å². The number of halogens is 1. The minimum Gasteiger partial charge on any atom is -0.505 e. The molecule has 0 bridgehead atoms. The van der Waals surface area contributed by atoms with Gasteiger partial charge in [0.1, 0.15) is 5.71 Å². The molecule has 2 amide bonds. The van der Waals surface area contributed by atoms with Gasteiger partial charge in [-0.2, -0.15) is 0 Å². The lowest BCUT2D eigenvalue weighted by Gasteiger charge is -2.23. The second-order valence-corrected chi connectivity index (χ2v) is 9.03. The van der Waals surface area contributed by atoms with Gasteiger partial charge in [0.15, 0.2) is 17.4 Å². The lowest BCUT2D eigenvalue weighted by Crippen LogP contribution is -2.39. The Morgan fingerprint density at radius 3 is 2.74 bits per heavy atom. The number of rotatable bonds is 4. The van der Waals surface area contributed by atoms with Crippen molar-refractivity contribution in [2.75, 3.05) is 18.8 Å². The topological polar surface area (TPSA) is 143 Å². The van der Waals surface area contributed by atoms with E-state index in [-0.39, 0.29) is 17.5 Å². The van der Waals surface area contributed by atoms with Crippen molar-refractivity contribution >= 4 is 17.4 Å². The molecule has 5 rings (SSSR count). The maximum atomic E-state index is 14.0. The van der Waals surface area contributed by atoms with Gasteiger partial charge < -0.3 is 30.7 Å². The lowest BCUT2D eigenvalue weighted by molar-refractivity contribution is 0.145. The number of hydrogen-bond acceptors (Lipinski definition) is 6. The van der Waals surface area contributed by atoms with Crippen molar-refractivity contribution < 1.29 is 19.4 Å². The molecule has 1 aromatic heterocycles. The van der Waals surface area contributed by atoms with Crippen LogP contribution in [-0.4, -0.2) is 60.9 Å². The number of nitrogens with two attached hydrogens (primary N) is 1. The number of carbonyl (C=O) groups is 1. The van der Waals surface area contributed by atoms with Crippen LogP contribution in [0.5, 0.6) is 5.75 Å². The largest absolute Gasteiger partial charge is 0.505 e. The average molecular weight is 479 g/mol. The van der Waals surface area contributed by atoms with Crippen LogP contribution in [-0.2, 0) is 19.5 Å². The zero-order valence-electron chi connectivity index (χ0n) is 19.3. The number of nitrogens with zero attached hydrogens (tertiary/aromatic N) is 3. The number of imidazole rings is 1. The zero-order valence-corrected chi connectivity index (χ0v) is 19.3. The number of β-amino-alcohol motifs (C(OH)–C–C–N with tert-alkyl or cyclic N) is 1. The number of aromatic hydroxyl groups is 1. The Morgan fingerprint density at radius 1 is 1.29 bits per heavy atom. The highest BCUT2D eigenvalue weighted by Gasteiger charge is 2.33. The number of benzene rings is 2. The SMILES string of the molecule is CCc1cc(O)c(F)cc1-c1ccc(C(=N)c2nc3c([nH]2)CN(C(=O)N2CCC(O)C2)C3)c(N)c1. The van der Waals surface area contributed by atoms with Crippen LogP contribution in [0.25, 0.3) is 11.1 Å². The number of likely N-dealkylation sites (tertiary alicyclic amines) is 1. The van der Waals surface area contributed by atoms with Gasteiger partial charge in [0, 0.05) is 24.3 Å². The Hall–Kier alpha value is -3.92. The highest BCUT2D eigenvalue weighted by molar-refractivity contribution is 6.12. The summed E-state index contributed by atoms with van der Waals surface area (Å²) >= 11 is 0. The van der Waals surface area contributed by atoms with E-state index in [2.05, 4.69) is 9.97 Å². The third kappa shape index (κ3) is 4.10. The number of nitrogen functional groups attached to an aromatic ring is 1. The summed E-state index contributed by atoms with van der Waals surface area (Å²) in [5.41, 5.74) is 10.8. The molecule has 0 radical (unpaired) electrons. The van der Waals surface area contributed by atoms with Gasteiger partial charge in [-0.15, -0.1) is 0 Å². The number of amides is 2. The van der Waals surface area contributed by atoms with E-state index in [0.717, 1.165) is 11.3 Å². The Bertz CT molecular complexity index is 1310. The van der Waals surface area contributed by atoms with E-state index < -0.39 is 11.9 Å². The maximum absolute atomic E-state index is 14.0. The molecular weight excluding hydrogens is 451 g/mol. The first-order valence-corrected chi connectivity index (χ1v) is 11.5. The third-order valence-corrected chi connectivity index (χ3v) is 6.68. The van der Waals surface area contributed by atoms with E-state index in [1.807, 2.05) is 6.92 Å². The van der Waals surface area contributed by atoms with Gasteiger partial charge >= 0.3 is 6.03 Å². The standard InChI is InChI=1S/C25H27FN6O3/c1-2-13-8-22(34)18(26)9-17(13)14-3-4-16(19(27)7-14)23(28)24-29-20-11-32(12-21(20)30-24)25(35)31-6-5-15(33)10-31/h3-4,7-9,15,28,33-34H,2,5-6,10-12,27H2,1H3,(H,29,30). The van der Waals surface area contributed by atoms with Crippen molar-refractivity contribution in [2.24, 2.45) is 0 Å². The number of aromatic nitrogens is 2. The summed E-state index contributed by atoms with van der Waals surface area (Å²) in [6.07, 6.45) is 0.728. The van der Waals surface area contributed by atoms with Crippen LogP contribution in [0, 0.1) is 11.2 Å². The van der Waals surface area contributed by atoms with Crippen LogP contribution in [0.3, 0.4) is 0 Å². The molecule has 3 aromatic rings. The van der Waals surface area contributed by atoms with Crippen molar-refractivity contribution in [3.63, 3.8) is 0 Å². The molecule has 6 N–H and O–H groups in total. The molecule has 2 aromatic carbocycles. The summed E-state index contributed by atoms with van der Waals surface area (Å²) in [4.78, 5) is 23.7. The molecule has 0 aliphatic carbocycles. The number of carbonyl (C=O) groups excluding carboxylic acids is 1. The summed E-state index contributed by atoms with van der Waals surface area (Å²) < 4.78 is 14.0. The molecule has 0 saturated carbocycles. The van der Waals surface area contributed by atoms with E-state index in [9.17, 15) is 19.4 Å². The number of aryl methyl sites for hydroxylation is 1. The summed E-state index contributed by atoms with van der Waals surface area (Å²) in [6, 6.07) is 7.76. The Kier molecular flexibility index (Phi) is 5.68. The Morgan fingerprint density at radius 2 is 2.09 bits per heavy atom. The molecule has 3 heterocycles. The molecule has 182 valence electrons. The minimum absolute atomic E-state index is 0.122. The number of aliphatic hydroxyl groups is 1. The monoisotopic (exact) mass is 478 g/mol. The Balaban J connectivity index is 1.34. The summed E-state index contributed by atoms with van der Waals surface area (Å²) in [5.74, 6) is -0.727. The first-order chi connectivity index (χ1) is 16.7. The van der Waals surface area contributed by atoms with E-state index >= 15 is 0 Å². The second kappa shape index (κ2) is 8.70. The molecule has 1 unspecified atom stereocenters. The molecule has 0 spiro atoms. The molecule has 1 fully saturated rings. The number of nitrogens with one attached hydrogen (secondary N) is 2. The summed E-state index contributed by atoms with van der Waals surface area (Å²) in [5, 5.41) is 28.0. The van der Waals surface area contributed by atoms with E-state index in [1.165, 1.54) is 12.1 Å². The van der Waals surface area contributed by atoms with Crippen molar-refractivity contribution in [2.45, 2.75) is 39.0 Å². The zero-order chi connectivity index (χ0) is 24.9. The molecule has 9 nitrogen and oxygen atoms in total. The normalized spacial score (nSPS) is 17.2. The predicted octanol–water partition coefficient (Wildman–Crippen LogP) is 2.98. The average Bonchev–Trinajstić information content (AvgIpc) is 3.54. The van der Waals surface area contributed by atoms with Crippen molar-refractivity contribution in [1.29, 1.82) is 5.41 Å².